The molecule has 1 heterocycles. The lowest BCUT2D eigenvalue weighted by Crippen LogP contribution is -1.89. The first-order valence-electron chi connectivity index (χ1n) is 7.85. The molecule has 0 saturated carbocycles. The van der Waals surface area contributed by atoms with Gasteiger partial charge in [0.2, 0.25) is 0 Å². The Morgan fingerprint density at radius 3 is 3.40 bits per heavy atom. The van der Waals surface area contributed by atoms with E-state index < -0.39 is 36.9 Å². The van der Waals surface area contributed by atoms with Gasteiger partial charge in [0.15, 0.2) is 0 Å². The van der Waals surface area contributed by atoms with Crippen molar-refractivity contribution < 1.29 is 15.1 Å². The van der Waals surface area contributed by atoms with Gasteiger partial charge in [-0.1, -0.05) is 13.7 Å². The lowest BCUT2D eigenvalue weighted by Gasteiger charge is -1.98. The minimum Gasteiger partial charge on any atom is -0.148 e. The predicted octanol–water partition coefficient (Wildman–Crippen LogP) is 3.71. The Morgan fingerprint density at radius 1 is 2.10 bits per heavy atom. The number of halogens is 1. The Morgan fingerprint density at radius 2 is 2.90 bits per heavy atom. The van der Waals surface area contributed by atoms with Gasteiger partial charge in [-0.25, -0.2) is 0 Å². The fourth-order valence-corrected chi connectivity index (χ4v) is 1.54. The Balaban J connectivity index is 3.68. The van der Waals surface area contributed by atoms with Gasteiger partial charge in [0.25, 0.3) is 0 Å². The second-order valence-corrected chi connectivity index (χ2v) is 3.08. The van der Waals surface area contributed by atoms with Gasteiger partial charge in [0.1, 0.15) is 0 Å². The summed E-state index contributed by atoms with van der Waals surface area (Å²) >= 11 is 3.33. The monoisotopic (exact) mass is 229 g/mol. The van der Waals surface area contributed by atoms with Crippen LogP contribution in [0.3, 0.4) is 0 Å². The average molecular weight is 230 g/mol. The molecule has 0 amide bonds. The Kier molecular flexibility index (Phi) is 0.676. The zero-order valence-corrected chi connectivity index (χ0v) is 7.19. The highest BCUT2D eigenvalue weighted by molar-refractivity contribution is 9.10. The topological polar surface area (TPSA) is 0 Å². The molecule has 2 heteroatoms. The molecule has 0 nitrogen and oxygen atoms in total. The number of thiophene rings is 1. The minimum absolute atomic E-state index is 0.0650. The van der Waals surface area contributed by atoms with E-state index in [1.165, 1.54) is 0 Å². The fourth-order valence-electron chi connectivity index (χ4n) is 0.417. The summed E-state index contributed by atoms with van der Waals surface area (Å²) in [7, 11) is 0. The summed E-state index contributed by atoms with van der Waals surface area (Å²) in [6.07, 6.45) is -3.16. The van der Waals surface area contributed by atoms with E-state index in [-0.39, 0.29) is 9.83 Å². The molecule has 0 atom stereocenters. The van der Waals surface area contributed by atoms with Crippen molar-refractivity contribution in [3.8, 4) is 0 Å². The maximum Gasteiger partial charge on any atom is 0.0752 e. The third-order valence-electron chi connectivity index (χ3n) is 0.705. The molecule has 0 N–H and O–H groups in total. The Hall–Kier alpha value is 0.180. The van der Waals surface area contributed by atoms with Crippen LogP contribution in [0.5, 0.6) is 0 Å². The molecule has 0 unspecified atom stereocenters. The van der Waals surface area contributed by atoms with E-state index in [1.54, 1.807) is 0 Å². The number of hydrogen-bond acceptors (Lipinski definition) is 1. The molecule has 0 saturated heterocycles. The average Bonchev–Trinajstić information content (AvgIpc) is 2.53. The van der Waals surface area contributed by atoms with Gasteiger partial charge in [-0.3, -0.25) is 0 Å². The minimum atomic E-state index is -3.46. The van der Waals surface area contributed by atoms with E-state index >= 15 is 0 Å². The zero-order chi connectivity index (χ0) is 17.0. The first kappa shape index (κ1) is 1.91. The number of hydrogen-bond donors (Lipinski definition) is 0. The Bertz CT molecular complexity index is 526. The summed E-state index contributed by atoms with van der Waals surface area (Å²) in [4.78, 5) is -0.568. The maximum atomic E-state index is 7.93. The molecule has 10 heavy (non-hydrogen) atoms. The summed E-state index contributed by atoms with van der Waals surface area (Å²) in [6.45, 7) is -6.90. The van der Waals surface area contributed by atoms with E-state index in [0.717, 1.165) is 0 Å². The van der Waals surface area contributed by atoms with Crippen LogP contribution in [0, 0.1) is 5.89 Å². The van der Waals surface area contributed by atoms with E-state index in [4.69, 9.17) is 15.1 Å². The quantitative estimate of drug-likeness (QED) is 0.726. The van der Waals surface area contributed by atoms with Crippen molar-refractivity contribution in [3.63, 3.8) is 0 Å². The van der Waals surface area contributed by atoms with Gasteiger partial charge in [0.05, 0.1) is 2.74 Å². The largest absolute Gasteiger partial charge is 0.148 e. The molecule has 0 aliphatic carbocycles. The van der Waals surface area contributed by atoms with Crippen molar-refractivity contribution in [3.05, 3.63) is 20.7 Å². The highest BCUT2D eigenvalue weighted by Gasteiger charge is 1.99. The van der Waals surface area contributed by atoms with Crippen molar-refractivity contribution >= 4 is 27.3 Å². The van der Waals surface area contributed by atoms with Gasteiger partial charge in [-0.2, -0.15) is 0 Å². The highest BCUT2D eigenvalue weighted by atomic mass is 79.9. The molecular weight excluding hydrogens is 208 g/mol. The summed E-state index contributed by atoms with van der Waals surface area (Å²) in [5.74, 6) is -3.46. The van der Waals surface area contributed by atoms with Gasteiger partial charge < -0.3 is 0 Å². The third-order valence-corrected chi connectivity index (χ3v) is 2.08. The van der Waals surface area contributed by atoms with Gasteiger partial charge in [-0.05, 0) is 34.2 Å². The normalized spacial score (nSPS) is 31.9. The van der Waals surface area contributed by atoms with Gasteiger partial charge in [-0.15, -0.1) is 11.3 Å². The Labute approximate surface area is 89.9 Å². The molecule has 1 aromatic heterocycles. The molecule has 0 aromatic carbocycles. The molecule has 1 aromatic rings. The van der Waals surface area contributed by atoms with Gasteiger partial charge in [0, 0.05) is 27.0 Å². The first-order chi connectivity index (χ1) is 9.09. The van der Waals surface area contributed by atoms with Crippen LogP contribution in [-0.4, -0.2) is 0 Å². The van der Waals surface area contributed by atoms with Crippen LogP contribution in [0.4, 0.5) is 0 Å². The molecule has 0 radical (unpaired) electrons. The van der Waals surface area contributed by atoms with Gasteiger partial charge >= 0.3 is 0 Å². The van der Waals surface area contributed by atoms with E-state index in [1.807, 2.05) is 0 Å². The van der Waals surface area contributed by atoms with Crippen LogP contribution in [0.1, 0.15) is 33.7 Å². The van der Waals surface area contributed by atoms with E-state index in [2.05, 4.69) is 15.9 Å². The third kappa shape index (κ3) is 2.43. The molecule has 0 aliphatic heterocycles. The predicted molar refractivity (Wildman–Crippen MR) is 50.6 cm³/mol. The van der Waals surface area contributed by atoms with Crippen LogP contribution >= 0.6 is 27.3 Å². The zero-order valence-electron chi connectivity index (χ0n) is 15.8. The van der Waals surface area contributed by atoms with Crippen LogP contribution in [0.25, 0.3) is 0 Å². The SMILES string of the molecule is [2H]c1sc(C([2H])([2H])C([2H])(C([2H])([2H])[2H])C([2H])([2H])[2H])c([2H])c1Br. The molecule has 0 aliphatic rings. The lowest BCUT2D eigenvalue weighted by molar-refractivity contribution is 0.654. The van der Waals surface area contributed by atoms with Crippen LogP contribution in [0.2, 0.25) is 0 Å². The second kappa shape index (κ2) is 3.54. The van der Waals surface area contributed by atoms with E-state index in [9.17, 15) is 0 Å². The fraction of sp³-hybridized carbons (Fsp3) is 0.500. The maximum absolute atomic E-state index is 7.93. The van der Waals surface area contributed by atoms with Crippen molar-refractivity contribution in [2.75, 3.05) is 0 Å². The lowest BCUT2D eigenvalue weighted by atomic mass is 10.1. The molecule has 1 rings (SSSR count). The summed E-state index contributed by atoms with van der Waals surface area (Å²) < 4.78 is 82.8. The van der Waals surface area contributed by atoms with Crippen LogP contribution in [-0.2, 0) is 6.37 Å². The number of rotatable bonds is 2. The highest BCUT2D eigenvalue weighted by Crippen LogP contribution is 2.21. The summed E-state index contributed by atoms with van der Waals surface area (Å²) in [6, 6.07) is -0.514. The van der Waals surface area contributed by atoms with Crippen molar-refractivity contribution in [1.82, 2.24) is 0 Å². The second-order valence-electron chi connectivity index (χ2n) is 1.47. The van der Waals surface area contributed by atoms with Crippen molar-refractivity contribution in [1.29, 1.82) is 0 Å². The van der Waals surface area contributed by atoms with Crippen LogP contribution in [0.15, 0.2) is 15.9 Å². The first-order valence-corrected chi connectivity index (χ1v) is 3.96. The smallest absolute Gasteiger partial charge is 0.0752 e. The summed E-state index contributed by atoms with van der Waals surface area (Å²) in [5.41, 5.74) is 0. The van der Waals surface area contributed by atoms with Crippen LogP contribution < -0.4 is 0 Å². The van der Waals surface area contributed by atoms with Crippen molar-refractivity contribution in [2.45, 2.75) is 20.1 Å². The van der Waals surface area contributed by atoms with E-state index in [0.29, 0.717) is 11.3 Å². The molecular formula is C8H11BrS. The molecule has 0 bridgehead atoms. The summed E-state index contributed by atoms with van der Waals surface area (Å²) in [5, 5.41) is -0.239. The molecule has 0 spiro atoms. The van der Waals surface area contributed by atoms with Crippen molar-refractivity contribution in [2.24, 2.45) is 5.89 Å². The standard InChI is InChI=1S/C8H11BrS/c1-6(2)3-8-4-7(9)5-10-8/h4-6H,3H2,1-2H3/i1D3,2D3,3D2,4D,5D,6D. The molecule has 0 fully saturated rings. The molecule has 56 valence electrons.